The van der Waals surface area contributed by atoms with Crippen LogP contribution in [0.3, 0.4) is 0 Å². The molecule has 6 heteroatoms. The van der Waals surface area contributed by atoms with Crippen molar-refractivity contribution in [2.45, 2.75) is 4.90 Å². The van der Waals surface area contributed by atoms with Gasteiger partial charge in [-0.1, -0.05) is 0 Å². The van der Waals surface area contributed by atoms with E-state index in [0.29, 0.717) is 0 Å². The summed E-state index contributed by atoms with van der Waals surface area (Å²) < 4.78 is 24.1. The Kier molecular flexibility index (Phi) is 3.19. The maximum atomic E-state index is 12.8. The largest absolute Gasteiger partial charge is 0.399 e. The van der Waals surface area contributed by atoms with Gasteiger partial charge < -0.3 is 11.5 Å². The third-order valence-corrected chi connectivity index (χ3v) is 2.74. The normalized spacial score (nSPS) is 12.4. The lowest BCUT2D eigenvalue weighted by molar-refractivity contribution is -0.115. The van der Waals surface area contributed by atoms with Crippen LogP contribution in [-0.2, 0) is 15.6 Å². The average molecular weight is 216 g/mol. The minimum atomic E-state index is -1.63. The number of benzene rings is 1. The Labute approximate surface area is 82.5 Å². The molecule has 0 saturated heterocycles. The summed E-state index contributed by atoms with van der Waals surface area (Å²) in [4.78, 5) is 10.6. The number of nitrogen functional groups attached to an aromatic ring is 1. The average Bonchev–Trinajstić information content (AvgIpc) is 2.00. The number of amides is 1. The van der Waals surface area contributed by atoms with Gasteiger partial charge in [-0.2, -0.15) is 0 Å². The van der Waals surface area contributed by atoms with Gasteiger partial charge in [0.1, 0.15) is 11.6 Å². The molecular formula is C8H9FN2O2S. The first-order valence-electron chi connectivity index (χ1n) is 3.72. The van der Waals surface area contributed by atoms with E-state index in [-0.39, 0.29) is 16.3 Å². The van der Waals surface area contributed by atoms with Gasteiger partial charge in [0.05, 0.1) is 10.8 Å². The summed E-state index contributed by atoms with van der Waals surface area (Å²) in [6.07, 6.45) is 0. The van der Waals surface area contributed by atoms with Crippen molar-refractivity contribution in [3.63, 3.8) is 0 Å². The second-order valence-corrected chi connectivity index (χ2v) is 4.13. The van der Waals surface area contributed by atoms with Crippen LogP contribution in [-0.4, -0.2) is 15.9 Å². The summed E-state index contributed by atoms with van der Waals surface area (Å²) in [6, 6.07) is 3.52. The number of hydrogen-bond acceptors (Lipinski definition) is 3. The zero-order valence-corrected chi connectivity index (χ0v) is 8.01. The molecule has 4 N–H and O–H groups in total. The van der Waals surface area contributed by atoms with E-state index >= 15 is 0 Å². The summed E-state index contributed by atoms with van der Waals surface area (Å²) in [6.45, 7) is 0. The van der Waals surface area contributed by atoms with E-state index in [1.165, 1.54) is 6.07 Å². The topological polar surface area (TPSA) is 86.2 Å². The highest BCUT2D eigenvalue weighted by Crippen LogP contribution is 2.14. The number of carbonyl (C=O) groups is 1. The van der Waals surface area contributed by atoms with Gasteiger partial charge in [0.25, 0.3) is 0 Å². The van der Waals surface area contributed by atoms with E-state index in [0.717, 1.165) is 12.1 Å². The van der Waals surface area contributed by atoms with Crippen LogP contribution in [0, 0.1) is 5.82 Å². The van der Waals surface area contributed by atoms with Crippen LogP contribution in [0.25, 0.3) is 0 Å². The number of primary amides is 1. The molecule has 0 radical (unpaired) electrons. The van der Waals surface area contributed by atoms with E-state index in [2.05, 4.69) is 0 Å². The molecule has 1 aromatic rings. The molecule has 1 unspecified atom stereocenters. The highest BCUT2D eigenvalue weighted by molar-refractivity contribution is 7.85. The molecule has 0 spiro atoms. The molecule has 0 heterocycles. The molecule has 0 aliphatic carbocycles. The smallest absolute Gasteiger partial charge is 0.230 e. The lowest BCUT2D eigenvalue weighted by Gasteiger charge is -2.01. The number of halogens is 1. The van der Waals surface area contributed by atoms with Crippen molar-refractivity contribution < 1.29 is 13.4 Å². The monoisotopic (exact) mass is 216 g/mol. The molecule has 76 valence electrons. The third kappa shape index (κ3) is 2.81. The number of anilines is 1. The van der Waals surface area contributed by atoms with Gasteiger partial charge in [0.2, 0.25) is 5.91 Å². The Morgan fingerprint density at radius 3 is 2.57 bits per heavy atom. The van der Waals surface area contributed by atoms with E-state index in [1.54, 1.807) is 0 Å². The zero-order chi connectivity index (χ0) is 10.7. The van der Waals surface area contributed by atoms with Crippen LogP contribution in [0.4, 0.5) is 10.1 Å². The van der Waals surface area contributed by atoms with Crippen molar-refractivity contribution in [1.82, 2.24) is 0 Å². The second-order valence-electron chi connectivity index (χ2n) is 2.68. The zero-order valence-electron chi connectivity index (χ0n) is 7.20. The molecule has 1 amide bonds. The third-order valence-electron chi connectivity index (χ3n) is 1.43. The fraction of sp³-hybridized carbons (Fsp3) is 0.125. The van der Waals surface area contributed by atoms with Gasteiger partial charge in [-0.15, -0.1) is 0 Å². The van der Waals surface area contributed by atoms with E-state index < -0.39 is 22.5 Å². The molecule has 1 rings (SSSR count). The van der Waals surface area contributed by atoms with Crippen molar-refractivity contribution in [3.05, 3.63) is 24.0 Å². The van der Waals surface area contributed by atoms with Gasteiger partial charge in [0.15, 0.2) is 0 Å². The summed E-state index contributed by atoms with van der Waals surface area (Å²) >= 11 is 0. The molecule has 1 aromatic carbocycles. The van der Waals surface area contributed by atoms with Crippen molar-refractivity contribution in [2.24, 2.45) is 5.73 Å². The van der Waals surface area contributed by atoms with Crippen LogP contribution in [0.2, 0.25) is 0 Å². The maximum Gasteiger partial charge on any atom is 0.230 e. The van der Waals surface area contributed by atoms with E-state index in [1.807, 2.05) is 0 Å². The van der Waals surface area contributed by atoms with Crippen LogP contribution in [0.15, 0.2) is 23.1 Å². The molecule has 14 heavy (non-hydrogen) atoms. The van der Waals surface area contributed by atoms with Gasteiger partial charge in [-0.25, -0.2) is 4.39 Å². The van der Waals surface area contributed by atoms with Crippen LogP contribution < -0.4 is 11.5 Å². The Bertz CT molecular complexity index is 375. The first-order valence-corrected chi connectivity index (χ1v) is 5.03. The SMILES string of the molecule is NC(=O)CS(=O)c1cc(N)cc(F)c1. The molecule has 0 fully saturated rings. The molecule has 0 bridgehead atoms. The molecule has 0 aliphatic rings. The standard InChI is InChI=1S/C8H9FN2O2S/c9-5-1-6(10)3-7(2-5)14(13)4-8(11)12/h1-3H,4,10H2,(H2,11,12). The summed E-state index contributed by atoms with van der Waals surface area (Å²) in [5.41, 5.74) is 10.4. The van der Waals surface area contributed by atoms with Crippen molar-refractivity contribution in [3.8, 4) is 0 Å². The molecule has 0 aliphatic heterocycles. The summed E-state index contributed by atoms with van der Waals surface area (Å²) in [5.74, 6) is -1.62. The van der Waals surface area contributed by atoms with Crippen LogP contribution in [0.1, 0.15) is 0 Å². The highest BCUT2D eigenvalue weighted by atomic mass is 32.2. The summed E-state index contributed by atoms with van der Waals surface area (Å²) in [7, 11) is -1.63. The molecular weight excluding hydrogens is 207 g/mol. The van der Waals surface area contributed by atoms with Gasteiger partial charge in [-0.05, 0) is 18.2 Å². The van der Waals surface area contributed by atoms with Gasteiger partial charge in [0, 0.05) is 10.6 Å². The van der Waals surface area contributed by atoms with Gasteiger partial charge >= 0.3 is 0 Å². The predicted molar refractivity (Wildman–Crippen MR) is 51.3 cm³/mol. The predicted octanol–water partition coefficient (Wildman–Crippen LogP) is 0.000800. The Balaban J connectivity index is 2.95. The first kappa shape index (κ1) is 10.6. The molecule has 4 nitrogen and oxygen atoms in total. The Hall–Kier alpha value is -1.43. The minimum absolute atomic E-state index is 0.165. The lowest BCUT2D eigenvalue weighted by atomic mass is 10.3. The molecule has 0 aromatic heterocycles. The highest BCUT2D eigenvalue weighted by Gasteiger charge is 2.09. The second kappa shape index (κ2) is 4.19. The quantitative estimate of drug-likeness (QED) is 0.697. The molecule has 0 saturated carbocycles. The molecule has 1 atom stereocenters. The number of rotatable bonds is 3. The number of carbonyl (C=O) groups excluding carboxylic acids is 1. The van der Waals surface area contributed by atoms with Crippen molar-refractivity contribution in [1.29, 1.82) is 0 Å². The summed E-state index contributed by atoms with van der Waals surface area (Å²) in [5, 5.41) is 0. The fourth-order valence-corrected chi connectivity index (χ4v) is 1.87. The van der Waals surface area contributed by atoms with Crippen LogP contribution in [0.5, 0.6) is 0 Å². The van der Waals surface area contributed by atoms with Crippen molar-refractivity contribution >= 4 is 22.4 Å². The fourth-order valence-electron chi connectivity index (χ4n) is 0.928. The van der Waals surface area contributed by atoms with Crippen molar-refractivity contribution in [2.75, 3.05) is 11.5 Å². The lowest BCUT2D eigenvalue weighted by Crippen LogP contribution is -2.19. The first-order chi connectivity index (χ1) is 6.49. The Morgan fingerprint density at radius 1 is 1.43 bits per heavy atom. The minimum Gasteiger partial charge on any atom is -0.399 e. The van der Waals surface area contributed by atoms with E-state index in [9.17, 15) is 13.4 Å². The maximum absolute atomic E-state index is 12.8. The van der Waals surface area contributed by atoms with Gasteiger partial charge in [-0.3, -0.25) is 9.00 Å². The van der Waals surface area contributed by atoms with E-state index in [4.69, 9.17) is 11.5 Å². The number of hydrogen-bond donors (Lipinski definition) is 2. The number of nitrogens with two attached hydrogens (primary N) is 2. The Morgan fingerprint density at radius 2 is 2.07 bits per heavy atom. The van der Waals surface area contributed by atoms with Crippen LogP contribution >= 0.6 is 0 Å².